The molecule has 0 bridgehead atoms. The molecule has 0 heterocycles. The molecule has 2 aromatic carbocycles. The lowest BCUT2D eigenvalue weighted by Gasteiger charge is -2.12. The molecular weight excluding hydrogens is 254 g/mol. The molecule has 0 saturated heterocycles. The number of nitrogens with one attached hydrogen (secondary N) is 1. The van der Waals surface area contributed by atoms with Gasteiger partial charge in [-0.3, -0.25) is 4.79 Å². The van der Waals surface area contributed by atoms with Gasteiger partial charge in [-0.25, -0.2) is 0 Å². The van der Waals surface area contributed by atoms with Gasteiger partial charge in [-0.15, -0.1) is 0 Å². The van der Waals surface area contributed by atoms with E-state index in [2.05, 4.69) is 5.32 Å². The summed E-state index contributed by atoms with van der Waals surface area (Å²) >= 11 is 0. The van der Waals surface area contributed by atoms with E-state index in [1.165, 1.54) is 6.92 Å². The number of carbonyl (C=O) groups excluding carboxylic acids is 1. The molecule has 0 fully saturated rings. The van der Waals surface area contributed by atoms with Crippen molar-refractivity contribution in [2.24, 2.45) is 0 Å². The normalized spacial score (nSPS) is 11.7. The third-order valence-electron chi connectivity index (χ3n) is 2.78. The number of rotatable bonds is 5. The Morgan fingerprint density at radius 1 is 1.15 bits per heavy atom. The summed E-state index contributed by atoms with van der Waals surface area (Å²) in [5.74, 6) is 1.02. The second-order valence-corrected chi connectivity index (χ2v) is 4.42. The van der Waals surface area contributed by atoms with Gasteiger partial charge in [-0.05, 0) is 25.1 Å². The van der Waals surface area contributed by atoms with E-state index in [-0.39, 0.29) is 0 Å². The number of hydrogen-bond acceptors (Lipinski definition) is 3. The first kappa shape index (κ1) is 14.1. The maximum atomic E-state index is 11.4. The fourth-order valence-corrected chi connectivity index (χ4v) is 1.69. The Kier molecular flexibility index (Phi) is 4.74. The van der Waals surface area contributed by atoms with E-state index >= 15 is 0 Å². The van der Waals surface area contributed by atoms with Crippen LogP contribution in [0.1, 0.15) is 12.5 Å². The molecule has 0 aromatic heterocycles. The highest BCUT2D eigenvalue weighted by Gasteiger charge is 2.10. The molecule has 2 rings (SSSR count). The molecule has 0 spiro atoms. The van der Waals surface area contributed by atoms with Crippen LogP contribution in [0, 0.1) is 0 Å². The first-order valence-electron chi connectivity index (χ1n) is 6.43. The average Bonchev–Trinajstić information content (AvgIpc) is 2.47. The molecule has 0 aliphatic heterocycles. The van der Waals surface area contributed by atoms with E-state index in [0.29, 0.717) is 12.3 Å². The van der Waals surface area contributed by atoms with Crippen LogP contribution < -0.4 is 10.1 Å². The largest absolute Gasteiger partial charge is 0.457 e. The number of para-hydroxylation sites is 2. The molecule has 2 aromatic rings. The third kappa shape index (κ3) is 3.83. The molecule has 20 heavy (non-hydrogen) atoms. The lowest BCUT2D eigenvalue weighted by atomic mass is 10.2. The minimum absolute atomic E-state index is 0.312. The predicted molar refractivity (Wildman–Crippen MR) is 76.5 cm³/mol. The van der Waals surface area contributed by atoms with Crippen LogP contribution >= 0.6 is 0 Å². The number of carbonyl (C=O) groups is 1. The molecule has 1 atom stereocenters. The van der Waals surface area contributed by atoms with E-state index in [4.69, 9.17) is 9.84 Å². The maximum absolute atomic E-state index is 11.4. The summed E-state index contributed by atoms with van der Waals surface area (Å²) in [6.45, 7) is 1.74. The minimum Gasteiger partial charge on any atom is -0.457 e. The van der Waals surface area contributed by atoms with Crippen LogP contribution in [0.5, 0.6) is 11.5 Å². The van der Waals surface area contributed by atoms with E-state index < -0.39 is 12.0 Å². The average molecular weight is 271 g/mol. The van der Waals surface area contributed by atoms with Gasteiger partial charge in [0.15, 0.2) is 0 Å². The summed E-state index contributed by atoms with van der Waals surface area (Å²) in [4.78, 5) is 11.4. The SMILES string of the molecule is CC(O)C(=O)NCc1ccccc1Oc1ccccc1. The number of aliphatic hydroxyl groups is 1. The van der Waals surface area contributed by atoms with Crippen molar-refractivity contribution in [2.45, 2.75) is 19.6 Å². The van der Waals surface area contributed by atoms with Crippen molar-refractivity contribution >= 4 is 5.91 Å². The van der Waals surface area contributed by atoms with Crippen molar-refractivity contribution in [1.82, 2.24) is 5.32 Å². The fourth-order valence-electron chi connectivity index (χ4n) is 1.69. The molecule has 0 radical (unpaired) electrons. The van der Waals surface area contributed by atoms with Gasteiger partial charge in [0.2, 0.25) is 5.91 Å². The van der Waals surface area contributed by atoms with E-state index in [1.807, 2.05) is 54.6 Å². The fraction of sp³-hybridized carbons (Fsp3) is 0.188. The molecule has 2 N–H and O–H groups in total. The number of hydrogen-bond donors (Lipinski definition) is 2. The Balaban J connectivity index is 2.08. The minimum atomic E-state index is -1.02. The summed E-state index contributed by atoms with van der Waals surface area (Å²) in [5.41, 5.74) is 0.852. The van der Waals surface area contributed by atoms with Crippen molar-refractivity contribution in [3.8, 4) is 11.5 Å². The second kappa shape index (κ2) is 6.73. The van der Waals surface area contributed by atoms with Gasteiger partial charge in [-0.2, -0.15) is 0 Å². The lowest BCUT2D eigenvalue weighted by molar-refractivity contribution is -0.128. The van der Waals surface area contributed by atoms with Gasteiger partial charge in [0, 0.05) is 12.1 Å². The van der Waals surface area contributed by atoms with Crippen LogP contribution in [0.15, 0.2) is 54.6 Å². The molecule has 0 saturated carbocycles. The molecule has 0 aliphatic carbocycles. The van der Waals surface area contributed by atoms with Crippen molar-refractivity contribution in [3.05, 3.63) is 60.2 Å². The molecule has 0 aliphatic rings. The zero-order valence-corrected chi connectivity index (χ0v) is 11.2. The highest BCUT2D eigenvalue weighted by Crippen LogP contribution is 2.24. The van der Waals surface area contributed by atoms with Crippen LogP contribution in [0.3, 0.4) is 0 Å². The Morgan fingerprint density at radius 2 is 1.80 bits per heavy atom. The van der Waals surface area contributed by atoms with Crippen LogP contribution in [0.2, 0.25) is 0 Å². The monoisotopic (exact) mass is 271 g/mol. The van der Waals surface area contributed by atoms with Gasteiger partial charge in [-0.1, -0.05) is 36.4 Å². The van der Waals surface area contributed by atoms with Crippen LogP contribution in [-0.4, -0.2) is 17.1 Å². The topological polar surface area (TPSA) is 58.6 Å². The van der Waals surface area contributed by atoms with E-state index in [9.17, 15) is 4.79 Å². The number of ether oxygens (including phenoxy) is 1. The van der Waals surface area contributed by atoms with Crippen LogP contribution in [0.25, 0.3) is 0 Å². The smallest absolute Gasteiger partial charge is 0.248 e. The Bertz CT molecular complexity index is 567. The first-order valence-corrected chi connectivity index (χ1v) is 6.43. The lowest BCUT2D eigenvalue weighted by Crippen LogP contribution is -2.32. The van der Waals surface area contributed by atoms with Gasteiger partial charge in [0.25, 0.3) is 0 Å². The molecule has 4 nitrogen and oxygen atoms in total. The highest BCUT2D eigenvalue weighted by molar-refractivity contribution is 5.80. The summed E-state index contributed by atoms with van der Waals surface area (Å²) < 4.78 is 5.79. The van der Waals surface area contributed by atoms with Crippen molar-refractivity contribution < 1.29 is 14.6 Å². The Morgan fingerprint density at radius 3 is 2.50 bits per heavy atom. The quantitative estimate of drug-likeness (QED) is 0.878. The van der Waals surface area contributed by atoms with Crippen LogP contribution in [0.4, 0.5) is 0 Å². The summed E-state index contributed by atoms with van der Waals surface area (Å²) in [6, 6.07) is 16.9. The zero-order chi connectivity index (χ0) is 14.4. The number of amides is 1. The highest BCUT2D eigenvalue weighted by atomic mass is 16.5. The van der Waals surface area contributed by atoms with E-state index in [1.54, 1.807) is 0 Å². The van der Waals surface area contributed by atoms with Gasteiger partial charge in [0.1, 0.15) is 17.6 Å². The summed E-state index contributed by atoms with van der Waals surface area (Å²) in [7, 11) is 0. The first-order chi connectivity index (χ1) is 9.66. The van der Waals surface area contributed by atoms with E-state index in [0.717, 1.165) is 11.3 Å². The molecule has 104 valence electrons. The summed E-state index contributed by atoms with van der Waals surface area (Å²) in [5, 5.41) is 11.8. The standard InChI is InChI=1S/C16H17NO3/c1-12(18)16(19)17-11-13-7-5-6-10-15(13)20-14-8-3-2-4-9-14/h2-10,12,18H,11H2,1H3,(H,17,19). The maximum Gasteiger partial charge on any atom is 0.248 e. The van der Waals surface area contributed by atoms with Crippen LogP contribution in [-0.2, 0) is 11.3 Å². The van der Waals surface area contributed by atoms with Gasteiger partial charge in [0.05, 0.1) is 0 Å². The van der Waals surface area contributed by atoms with Gasteiger partial charge >= 0.3 is 0 Å². The number of benzene rings is 2. The molecule has 4 heteroatoms. The molecular formula is C16H17NO3. The van der Waals surface area contributed by atoms with Crippen molar-refractivity contribution in [2.75, 3.05) is 0 Å². The Labute approximate surface area is 118 Å². The molecule has 1 amide bonds. The Hall–Kier alpha value is -2.33. The van der Waals surface area contributed by atoms with Crippen molar-refractivity contribution in [3.63, 3.8) is 0 Å². The molecule has 1 unspecified atom stereocenters. The van der Waals surface area contributed by atoms with Crippen molar-refractivity contribution in [1.29, 1.82) is 0 Å². The zero-order valence-electron chi connectivity index (χ0n) is 11.2. The number of aliphatic hydroxyl groups excluding tert-OH is 1. The predicted octanol–water partition coefficient (Wildman–Crippen LogP) is 2.48. The van der Waals surface area contributed by atoms with Gasteiger partial charge < -0.3 is 15.2 Å². The third-order valence-corrected chi connectivity index (χ3v) is 2.78. The summed E-state index contributed by atoms with van der Waals surface area (Å²) in [6.07, 6.45) is -1.02. The second-order valence-electron chi connectivity index (χ2n) is 4.42.